The molecule has 0 atom stereocenters. The summed E-state index contributed by atoms with van der Waals surface area (Å²) in [5.41, 5.74) is 3.26. The Balaban J connectivity index is 1.88. The lowest BCUT2D eigenvalue weighted by molar-refractivity contribution is 0.286. The molecule has 0 amide bonds. The van der Waals surface area contributed by atoms with Crippen LogP contribution in [0.1, 0.15) is 11.1 Å². The van der Waals surface area contributed by atoms with Crippen LogP contribution in [0, 0.1) is 6.92 Å². The molecule has 27 heavy (non-hydrogen) atoms. The van der Waals surface area contributed by atoms with Crippen molar-refractivity contribution in [2.75, 3.05) is 26.1 Å². The van der Waals surface area contributed by atoms with Crippen LogP contribution in [-0.2, 0) is 20.0 Å². The smallest absolute Gasteiger partial charge is 0.384 e. The van der Waals surface area contributed by atoms with Crippen molar-refractivity contribution >= 4 is 18.9 Å². The van der Waals surface area contributed by atoms with Crippen molar-refractivity contribution in [3.05, 3.63) is 65.7 Å². The van der Waals surface area contributed by atoms with Gasteiger partial charge in [-0.3, -0.25) is 4.57 Å². The van der Waals surface area contributed by atoms with Crippen molar-refractivity contribution in [2.24, 2.45) is 0 Å². The molecule has 1 N–H and O–H groups in total. The third-order valence-corrected chi connectivity index (χ3v) is 5.97. The first kappa shape index (κ1) is 19.4. The summed E-state index contributed by atoms with van der Waals surface area (Å²) in [7, 11) is -0.897. The lowest BCUT2D eigenvalue weighted by Gasteiger charge is -2.12. The van der Waals surface area contributed by atoms with Gasteiger partial charge in [0.05, 0.1) is 0 Å². The van der Waals surface area contributed by atoms with Crippen molar-refractivity contribution in [3.63, 3.8) is 0 Å². The highest BCUT2D eigenvalue weighted by atomic mass is 31.2. The van der Waals surface area contributed by atoms with E-state index >= 15 is 0 Å². The van der Waals surface area contributed by atoms with Gasteiger partial charge in [-0.1, -0.05) is 48.0 Å². The first-order valence-electron chi connectivity index (χ1n) is 8.63. The standard InChI is InChI=1S/C20H23N2O4P/c1-15-9-11-17(12-10-15)18-22-20(27(23,24-2)25-3)19(26-18)21-14-13-16-7-5-4-6-8-16/h4-12,21H,13-14H2,1-3H3. The number of nitrogens with zero attached hydrogens (tertiary/aromatic N) is 1. The molecule has 0 radical (unpaired) electrons. The number of hydrogen-bond acceptors (Lipinski definition) is 6. The zero-order valence-corrected chi connectivity index (χ0v) is 16.5. The minimum absolute atomic E-state index is 0.149. The van der Waals surface area contributed by atoms with E-state index in [0.29, 0.717) is 18.3 Å². The molecule has 2 aromatic carbocycles. The summed E-state index contributed by atoms with van der Waals surface area (Å²) in [4.78, 5) is 4.41. The zero-order valence-electron chi connectivity index (χ0n) is 15.6. The number of anilines is 1. The van der Waals surface area contributed by atoms with E-state index in [1.165, 1.54) is 19.8 Å². The van der Waals surface area contributed by atoms with Crippen LogP contribution < -0.4 is 10.8 Å². The van der Waals surface area contributed by atoms with Gasteiger partial charge in [0.25, 0.3) is 0 Å². The van der Waals surface area contributed by atoms with Gasteiger partial charge < -0.3 is 18.8 Å². The first-order valence-corrected chi connectivity index (χ1v) is 10.2. The molecule has 0 fully saturated rings. The van der Waals surface area contributed by atoms with Crippen molar-refractivity contribution in [1.82, 2.24) is 4.98 Å². The van der Waals surface area contributed by atoms with E-state index in [0.717, 1.165) is 17.5 Å². The summed E-state index contributed by atoms with van der Waals surface area (Å²) in [6.45, 7) is 2.60. The average Bonchev–Trinajstić information content (AvgIpc) is 3.13. The van der Waals surface area contributed by atoms with Gasteiger partial charge in [0, 0.05) is 26.3 Å². The molecule has 0 spiro atoms. The number of oxazole rings is 1. The van der Waals surface area contributed by atoms with Gasteiger partial charge in [-0.05, 0) is 31.0 Å². The number of aromatic nitrogens is 1. The lowest BCUT2D eigenvalue weighted by Crippen LogP contribution is -2.16. The second-order valence-corrected chi connectivity index (χ2v) is 8.21. The molecule has 3 aromatic rings. The largest absolute Gasteiger partial charge is 0.420 e. The Morgan fingerprint density at radius 3 is 2.33 bits per heavy atom. The second kappa shape index (κ2) is 8.53. The number of aryl methyl sites for hydroxylation is 1. The van der Waals surface area contributed by atoms with Crippen LogP contribution in [0.2, 0.25) is 0 Å². The summed E-state index contributed by atoms with van der Waals surface area (Å²) < 4.78 is 29.0. The molecule has 0 aliphatic heterocycles. The van der Waals surface area contributed by atoms with Gasteiger partial charge in [0.2, 0.25) is 17.2 Å². The molecule has 0 aliphatic rings. The highest BCUT2D eigenvalue weighted by Gasteiger charge is 2.34. The predicted octanol–water partition coefficient (Wildman–Crippen LogP) is 4.42. The van der Waals surface area contributed by atoms with Crippen molar-refractivity contribution in [1.29, 1.82) is 0 Å². The van der Waals surface area contributed by atoms with Crippen LogP contribution >= 0.6 is 7.60 Å². The van der Waals surface area contributed by atoms with Gasteiger partial charge in [-0.15, -0.1) is 0 Å². The van der Waals surface area contributed by atoms with Crippen LogP contribution in [-0.4, -0.2) is 25.7 Å². The summed E-state index contributed by atoms with van der Waals surface area (Å²) in [6, 6.07) is 17.8. The van der Waals surface area contributed by atoms with Gasteiger partial charge in [-0.25, -0.2) is 0 Å². The molecule has 0 bridgehead atoms. The van der Waals surface area contributed by atoms with E-state index in [4.69, 9.17) is 13.5 Å². The maximum atomic E-state index is 12.9. The zero-order chi connectivity index (χ0) is 19.3. The SMILES string of the molecule is COP(=O)(OC)c1nc(-c2ccc(C)cc2)oc1NCCc1ccccc1. The highest BCUT2D eigenvalue weighted by molar-refractivity contribution is 7.62. The van der Waals surface area contributed by atoms with Crippen LogP contribution in [0.4, 0.5) is 5.88 Å². The van der Waals surface area contributed by atoms with E-state index in [1.54, 1.807) is 0 Å². The molecular weight excluding hydrogens is 363 g/mol. The van der Waals surface area contributed by atoms with Crippen molar-refractivity contribution in [2.45, 2.75) is 13.3 Å². The van der Waals surface area contributed by atoms with Crippen molar-refractivity contribution in [3.8, 4) is 11.5 Å². The van der Waals surface area contributed by atoms with Gasteiger partial charge in [-0.2, -0.15) is 4.98 Å². The van der Waals surface area contributed by atoms with E-state index in [2.05, 4.69) is 22.4 Å². The maximum absolute atomic E-state index is 12.9. The van der Waals surface area contributed by atoms with Gasteiger partial charge >= 0.3 is 7.60 Å². The second-order valence-electron chi connectivity index (χ2n) is 6.06. The summed E-state index contributed by atoms with van der Waals surface area (Å²) in [5, 5.41) is 3.18. The Morgan fingerprint density at radius 1 is 1.04 bits per heavy atom. The molecule has 1 aromatic heterocycles. The number of rotatable bonds is 8. The first-order chi connectivity index (χ1) is 13.1. The molecule has 142 valence electrons. The van der Waals surface area contributed by atoms with E-state index in [-0.39, 0.29) is 5.44 Å². The third kappa shape index (κ3) is 4.48. The normalized spacial score (nSPS) is 11.5. The summed E-state index contributed by atoms with van der Waals surface area (Å²) >= 11 is 0. The molecule has 6 nitrogen and oxygen atoms in total. The molecule has 3 rings (SSSR count). The van der Waals surface area contributed by atoms with Gasteiger partial charge in [0.1, 0.15) is 0 Å². The quantitative estimate of drug-likeness (QED) is 0.578. The minimum Gasteiger partial charge on any atom is -0.420 e. The molecular formula is C20H23N2O4P. The Bertz CT molecular complexity index is 915. The Labute approximate surface area is 159 Å². The van der Waals surface area contributed by atoms with Crippen molar-refractivity contribution < 1.29 is 18.0 Å². The van der Waals surface area contributed by atoms with Crippen LogP contribution in [0.3, 0.4) is 0 Å². The molecule has 0 saturated carbocycles. The van der Waals surface area contributed by atoms with Crippen LogP contribution in [0.15, 0.2) is 59.0 Å². The maximum Gasteiger partial charge on any atom is 0.384 e. The fourth-order valence-electron chi connectivity index (χ4n) is 2.64. The van der Waals surface area contributed by atoms with E-state index < -0.39 is 7.60 Å². The molecule has 1 heterocycles. The monoisotopic (exact) mass is 386 g/mol. The number of hydrogen-bond donors (Lipinski definition) is 1. The molecule has 0 aliphatic carbocycles. The fourth-order valence-corrected chi connectivity index (χ4v) is 3.73. The van der Waals surface area contributed by atoms with E-state index in [9.17, 15) is 4.57 Å². The Morgan fingerprint density at radius 2 is 1.70 bits per heavy atom. The highest BCUT2D eigenvalue weighted by Crippen LogP contribution is 2.47. The lowest BCUT2D eigenvalue weighted by atomic mass is 10.1. The third-order valence-electron chi connectivity index (χ3n) is 4.19. The average molecular weight is 386 g/mol. The topological polar surface area (TPSA) is 73.6 Å². The molecule has 7 heteroatoms. The van der Waals surface area contributed by atoms with Gasteiger partial charge in [0.15, 0.2) is 0 Å². The Kier molecular flexibility index (Phi) is 6.11. The predicted molar refractivity (Wildman–Crippen MR) is 107 cm³/mol. The van der Waals surface area contributed by atoms with Crippen LogP contribution in [0.25, 0.3) is 11.5 Å². The fraction of sp³-hybridized carbons (Fsp3) is 0.250. The number of benzene rings is 2. The summed E-state index contributed by atoms with van der Waals surface area (Å²) in [6.07, 6.45) is 0.783. The molecule has 0 saturated heterocycles. The van der Waals surface area contributed by atoms with Crippen LogP contribution in [0.5, 0.6) is 0 Å². The minimum atomic E-state index is -3.56. The molecule has 0 unspecified atom stereocenters. The Hall–Kier alpha value is -2.40. The van der Waals surface area contributed by atoms with E-state index in [1.807, 2.05) is 49.4 Å². The summed E-state index contributed by atoms with van der Waals surface area (Å²) in [5.74, 6) is 0.662. The number of nitrogens with one attached hydrogen (secondary N) is 1.